The van der Waals surface area contributed by atoms with E-state index in [1.165, 1.54) is 48.5 Å². The van der Waals surface area contributed by atoms with Gasteiger partial charge in [0.15, 0.2) is 17.1 Å². The summed E-state index contributed by atoms with van der Waals surface area (Å²) in [5.74, 6) is -1.91. The molecule has 7 aromatic carbocycles. The number of nitrogens with one attached hydrogen (secondary N) is 2. The lowest BCUT2D eigenvalue weighted by Crippen LogP contribution is -2.14. The van der Waals surface area contributed by atoms with Gasteiger partial charge in [-0.15, -0.1) is 38.6 Å². The minimum absolute atomic E-state index is 0.00561. The first kappa shape index (κ1) is 59.2. The fourth-order valence-corrected chi connectivity index (χ4v) is 9.76. The van der Waals surface area contributed by atoms with E-state index < -0.39 is 50.3 Å². The van der Waals surface area contributed by atoms with Gasteiger partial charge in [0.25, 0.3) is 15.7 Å². The summed E-state index contributed by atoms with van der Waals surface area (Å²) in [6.45, 7) is -0.965. The maximum absolute atomic E-state index is 13.3. The van der Waals surface area contributed by atoms with E-state index in [2.05, 4.69) is 64.6 Å². The summed E-state index contributed by atoms with van der Waals surface area (Å²) in [5.41, 5.74) is -0.606. The number of phenolic OH excluding ortho intramolecular Hbond substituents is 2. The normalized spacial score (nSPS) is 12.1. The number of fused-ring (bicyclic) bond motifs is 4. The quantitative estimate of drug-likeness (QED) is 0.00599. The van der Waals surface area contributed by atoms with Gasteiger partial charge in [-0.3, -0.25) is 14.4 Å². The average molecular weight is 1220 g/mol. The number of azo groups is 3. The van der Waals surface area contributed by atoms with Gasteiger partial charge in [-0.2, -0.15) is 13.5 Å². The Hall–Kier alpha value is -8.47. The minimum atomic E-state index is -4.54. The summed E-state index contributed by atoms with van der Waals surface area (Å²) in [4.78, 5) is 33.5. The minimum Gasteiger partial charge on any atom is -0.507 e. The van der Waals surface area contributed by atoms with Crippen molar-refractivity contribution in [2.45, 2.75) is 26.0 Å². The van der Waals surface area contributed by atoms with Crippen molar-refractivity contribution in [3.63, 3.8) is 0 Å². The van der Waals surface area contributed by atoms with Crippen molar-refractivity contribution >= 4 is 119 Å². The predicted molar refractivity (Wildman–Crippen MR) is 290 cm³/mol. The molecule has 11 N–H and O–H groups in total. The molecule has 0 amide bonds. The Labute approximate surface area is 475 Å². The number of hydrogen-bond acceptors (Lipinski definition) is 29. The molecule has 2 heterocycles. The van der Waals surface area contributed by atoms with Crippen molar-refractivity contribution in [1.29, 1.82) is 0 Å². The smallest absolute Gasteiger partial charge is 0.356 e. The Bertz CT molecular complexity index is 4140. The number of nitrogens with zero attached hydrogens (tertiary/aromatic N) is 8. The summed E-state index contributed by atoms with van der Waals surface area (Å²) in [6, 6.07) is 23.9. The molecule has 0 aliphatic rings. The van der Waals surface area contributed by atoms with Crippen molar-refractivity contribution in [3.8, 4) is 40.1 Å². The molecule has 0 atom stereocenters. The number of H-pyrrole nitrogens is 2. The molecule has 0 unspecified atom stereocenters. The molecule has 0 saturated heterocycles. The van der Waals surface area contributed by atoms with Gasteiger partial charge in [-0.1, -0.05) is 15.1 Å². The van der Waals surface area contributed by atoms with Crippen molar-refractivity contribution in [1.82, 2.24) is 19.7 Å². The van der Waals surface area contributed by atoms with Crippen LogP contribution in [0.15, 0.2) is 158 Å². The van der Waals surface area contributed by atoms with Crippen LogP contribution in [-0.4, -0.2) is 106 Å². The number of imidazole rings is 1. The second-order valence-electron chi connectivity index (χ2n) is 16.6. The Kier molecular flexibility index (Phi) is 19.0. The first-order valence-electron chi connectivity index (χ1n) is 23.2. The Morgan fingerprint density at radius 3 is 1.94 bits per heavy atom. The highest BCUT2D eigenvalue weighted by molar-refractivity contribution is 7.95. The van der Waals surface area contributed by atoms with Gasteiger partial charge in [-0.05, 0) is 96.4 Å². The molecule has 0 fully saturated rings. The number of hydrogen-bond donors (Lipinski definition) is 11. The molecule has 2 aromatic heterocycles. The number of rotatable bonds is 26. The molecular formula is C48H38N10O21S4. The number of aromatic hydroxyl groups is 2. The molecule has 0 saturated carbocycles. The number of aliphatic hydroxyl groups is 2. The summed E-state index contributed by atoms with van der Waals surface area (Å²) in [7, 11) is -4.54. The molecule has 430 valence electrons. The first-order valence-corrected chi connectivity index (χ1v) is 26.9. The molecule has 0 aliphatic heterocycles. The van der Waals surface area contributed by atoms with Crippen LogP contribution in [0.3, 0.4) is 0 Å². The summed E-state index contributed by atoms with van der Waals surface area (Å²) < 4.78 is 58.9. The SMILES string of the molecule is O=C(O)c1[nH]n(-c2ccc(S(=O)(=O)O)cc2)c(=O)c1N=Nc1ccc(-c2nc3ccc4c(O)c(N=Nc5cc(OCCO)c(N=Nc6cc(SOOO)cc7cc(SOOO)cc(O)c67)cc5OCCCO)c(SOOO)cc4c3[nH]2)cc1. The molecule has 9 aromatic rings. The van der Waals surface area contributed by atoms with Crippen LogP contribution in [0.2, 0.25) is 0 Å². The largest absolute Gasteiger partial charge is 0.507 e. The molecule has 0 radical (unpaired) electrons. The van der Waals surface area contributed by atoms with E-state index in [-0.39, 0.29) is 93.3 Å². The van der Waals surface area contributed by atoms with E-state index in [4.69, 9.17) is 29.3 Å². The summed E-state index contributed by atoms with van der Waals surface area (Å²) in [6.07, 6.45) is 0.176. The van der Waals surface area contributed by atoms with Gasteiger partial charge in [0.1, 0.15) is 46.7 Å². The monoisotopic (exact) mass is 1220 g/mol. The first-order chi connectivity index (χ1) is 40.1. The van der Waals surface area contributed by atoms with Gasteiger partial charge < -0.3 is 40.0 Å². The number of carbonyl (C=O) groups is 1. The third-order valence-electron chi connectivity index (χ3n) is 11.5. The zero-order valence-electron chi connectivity index (χ0n) is 41.5. The number of carboxylic acids is 1. The lowest BCUT2D eigenvalue weighted by molar-refractivity contribution is -0.432. The van der Waals surface area contributed by atoms with Gasteiger partial charge >= 0.3 is 5.97 Å². The van der Waals surface area contributed by atoms with Crippen LogP contribution in [0.5, 0.6) is 23.0 Å². The van der Waals surface area contributed by atoms with Crippen LogP contribution < -0.4 is 15.0 Å². The van der Waals surface area contributed by atoms with Crippen LogP contribution in [-0.2, 0) is 38.2 Å². The zero-order chi connectivity index (χ0) is 58.8. The van der Waals surface area contributed by atoms with Crippen LogP contribution in [0.1, 0.15) is 16.9 Å². The maximum Gasteiger partial charge on any atom is 0.356 e. The Balaban J connectivity index is 1.03. The maximum atomic E-state index is 13.3. The topological polar surface area (TPSA) is 448 Å². The molecule has 35 heteroatoms. The predicted octanol–water partition coefficient (Wildman–Crippen LogP) is 11.0. The highest BCUT2D eigenvalue weighted by Crippen LogP contribution is 2.48. The second-order valence-corrected chi connectivity index (χ2v) is 20.3. The van der Waals surface area contributed by atoms with Crippen LogP contribution in [0, 0.1) is 0 Å². The highest BCUT2D eigenvalue weighted by Gasteiger charge is 2.23. The highest BCUT2D eigenvalue weighted by atomic mass is 32.2. The van der Waals surface area contributed by atoms with E-state index in [1.54, 1.807) is 42.5 Å². The third kappa shape index (κ3) is 13.6. The van der Waals surface area contributed by atoms with Crippen LogP contribution in [0.25, 0.3) is 49.7 Å². The number of aromatic carboxylic acids is 1. The number of benzene rings is 7. The molecule has 0 aliphatic carbocycles. The van der Waals surface area contributed by atoms with E-state index in [0.29, 0.717) is 79.1 Å². The molecular weight excluding hydrogens is 1180 g/mol. The van der Waals surface area contributed by atoms with Crippen LogP contribution in [0.4, 0.5) is 34.1 Å². The van der Waals surface area contributed by atoms with E-state index in [9.17, 15) is 53.3 Å². The number of carboxylic acid groups (broad SMARTS) is 1. The standard InChI is InChI=1S/C48H38N10O21S4/c59-12-1-14-72-37-21-33(52-54-35-18-27(80-77-74-66)16-24-17-28(81-78-75-67)19-36(61)40(24)35)38(73-15-13-60)22-34(37)53-55-42-39(82-79-76-68)20-31-30(45(42)62)10-11-32-41(31)50-46(49-32)23-2-4-25(5-3-23)51-56-43-44(48(64)65)57-58(47(43)63)26-6-8-29(9-7-26)83(69,70)71/h2-11,16-22,57,59-62,66-68H,1,12-15H2,(H,49,50)(H,64,65)(H,69,70,71). The van der Waals surface area contributed by atoms with Gasteiger partial charge in [-0.25, -0.2) is 30.2 Å². The van der Waals surface area contributed by atoms with Gasteiger partial charge in [0.05, 0.1) is 92.6 Å². The second kappa shape index (κ2) is 26.6. The van der Waals surface area contributed by atoms with E-state index >= 15 is 0 Å². The van der Waals surface area contributed by atoms with Crippen LogP contribution >= 0.6 is 36.1 Å². The Morgan fingerprint density at radius 2 is 1.30 bits per heavy atom. The van der Waals surface area contributed by atoms with Crippen molar-refractivity contribution < 1.29 is 96.7 Å². The molecule has 31 nitrogen and oxygen atoms in total. The van der Waals surface area contributed by atoms with E-state index in [0.717, 1.165) is 16.8 Å². The number of phenols is 2. The zero-order valence-corrected chi connectivity index (χ0v) is 44.8. The Morgan fingerprint density at radius 1 is 0.675 bits per heavy atom. The summed E-state index contributed by atoms with van der Waals surface area (Å²) in [5, 5.41) is 119. The summed E-state index contributed by atoms with van der Waals surface area (Å²) >= 11 is 1.61. The third-order valence-corrected chi connectivity index (χ3v) is 14.1. The average Bonchev–Trinajstić information content (AvgIpc) is 3.53. The molecule has 83 heavy (non-hydrogen) atoms. The van der Waals surface area contributed by atoms with Crippen molar-refractivity contribution in [3.05, 3.63) is 119 Å². The van der Waals surface area contributed by atoms with E-state index in [1.807, 2.05) is 0 Å². The number of aromatic amines is 2. The molecule has 9 rings (SSSR count). The van der Waals surface area contributed by atoms with Gasteiger partial charge in [0.2, 0.25) is 0 Å². The number of aromatic nitrogens is 4. The fourth-order valence-electron chi connectivity index (χ4n) is 7.90. The van der Waals surface area contributed by atoms with Gasteiger partial charge in [0, 0.05) is 51.3 Å². The lowest BCUT2D eigenvalue weighted by atomic mass is 10.1. The molecule has 0 spiro atoms. The fraction of sp³-hybridized carbons (Fsp3) is 0.104. The van der Waals surface area contributed by atoms with Crippen molar-refractivity contribution in [2.75, 3.05) is 26.4 Å². The van der Waals surface area contributed by atoms with Crippen molar-refractivity contribution in [2.24, 2.45) is 30.7 Å². The number of aliphatic hydroxyl groups excluding tert-OH is 2. The lowest BCUT2D eigenvalue weighted by Gasteiger charge is -2.14. The number of ether oxygens (including phenoxy) is 2. The molecule has 0 bridgehead atoms.